The number of nitrogens with two attached hydrogens (primary N) is 1. The zero-order valence-corrected chi connectivity index (χ0v) is 12.3. The Morgan fingerprint density at radius 1 is 1.14 bits per heavy atom. The summed E-state index contributed by atoms with van der Waals surface area (Å²) in [5.41, 5.74) is 7.41. The number of likely N-dealkylation sites (N-methyl/N-ethyl adjacent to an activating group) is 1. The molecule has 110 valence electrons. The van der Waals surface area contributed by atoms with Crippen molar-refractivity contribution in [1.29, 1.82) is 0 Å². The van der Waals surface area contributed by atoms with Gasteiger partial charge in [0.15, 0.2) is 6.61 Å². The van der Waals surface area contributed by atoms with Crippen molar-refractivity contribution in [3.63, 3.8) is 0 Å². The minimum atomic E-state index is -0.0883. The molecular weight excluding hydrogens is 264 g/mol. The van der Waals surface area contributed by atoms with Crippen molar-refractivity contribution in [2.75, 3.05) is 19.4 Å². The second-order valence-electron chi connectivity index (χ2n) is 4.92. The van der Waals surface area contributed by atoms with E-state index < -0.39 is 0 Å². The zero-order valence-electron chi connectivity index (χ0n) is 12.3. The predicted molar refractivity (Wildman–Crippen MR) is 84.0 cm³/mol. The standard InChI is InChI=1S/C17H20N2O2/c1-13(14-8-4-3-5-9-14)19(2)17(20)12-21-16-11-7-6-10-15(16)18/h3-11,13H,12,18H2,1-2H3. The Morgan fingerprint density at radius 2 is 1.76 bits per heavy atom. The maximum atomic E-state index is 12.2. The Labute approximate surface area is 125 Å². The average Bonchev–Trinajstić information content (AvgIpc) is 2.53. The van der Waals surface area contributed by atoms with E-state index in [9.17, 15) is 4.79 Å². The van der Waals surface area contributed by atoms with Gasteiger partial charge in [0, 0.05) is 7.05 Å². The summed E-state index contributed by atoms with van der Waals surface area (Å²) < 4.78 is 5.49. The Morgan fingerprint density at radius 3 is 2.43 bits per heavy atom. The third kappa shape index (κ3) is 3.75. The van der Waals surface area contributed by atoms with Crippen LogP contribution in [0.25, 0.3) is 0 Å². The van der Waals surface area contributed by atoms with Crippen molar-refractivity contribution < 1.29 is 9.53 Å². The fourth-order valence-corrected chi connectivity index (χ4v) is 2.02. The van der Waals surface area contributed by atoms with E-state index in [1.807, 2.05) is 49.4 Å². The van der Waals surface area contributed by atoms with Gasteiger partial charge in [0.2, 0.25) is 0 Å². The lowest BCUT2D eigenvalue weighted by molar-refractivity contribution is -0.133. The summed E-state index contributed by atoms with van der Waals surface area (Å²) >= 11 is 0. The molecule has 0 saturated carbocycles. The van der Waals surface area contributed by atoms with Crippen LogP contribution in [0.1, 0.15) is 18.5 Å². The van der Waals surface area contributed by atoms with Crippen LogP contribution in [0.15, 0.2) is 54.6 Å². The third-order valence-electron chi connectivity index (χ3n) is 3.53. The topological polar surface area (TPSA) is 55.6 Å². The molecule has 2 aromatic carbocycles. The van der Waals surface area contributed by atoms with Crippen LogP contribution in [-0.4, -0.2) is 24.5 Å². The monoisotopic (exact) mass is 284 g/mol. The van der Waals surface area contributed by atoms with Crippen LogP contribution in [0, 0.1) is 0 Å². The first kappa shape index (κ1) is 14.9. The second-order valence-corrected chi connectivity index (χ2v) is 4.92. The summed E-state index contributed by atoms with van der Waals surface area (Å²) in [6.07, 6.45) is 0. The first-order valence-corrected chi connectivity index (χ1v) is 6.87. The van der Waals surface area contributed by atoms with E-state index in [1.165, 1.54) is 0 Å². The molecule has 0 aliphatic carbocycles. The molecule has 0 aromatic heterocycles. The molecule has 0 aliphatic rings. The molecule has 2 aromatic rings. The fraction of sp³-hybridized carbons (Fsp3) is 0.235. The van der Waals surface area contributed by atoms with Crippen LogP contribution in [0.2, 0.25) is 0 Å². The number of amides is 1. The number of hydrogen-bond donors (Lipinski definition) is 1. The molecule has 1 atom stereocenters. The number of nitrogen functional groups attached to an aromatic ring is 1. The van der Waals surface area contributed by atoms with E-state index in [4.69, 9.17) is 10.5 Å². The Kier molecular flexibility index (Phi) is 4.82. The number of carbonyl (C=O) groups excluding carboxylic acids is 1. The Balaban J connectivity index is 1.95. The van der Waals surface area contributed by atoms with E-state index in [0.717, 1.165) is 5.56 Å². The van der Waals surface area contributed by atoms with Crippen molar-refractivity contribution in [3.8, 4) is 5.75 Å². The molecule has 0 heterocycles. The maximum absolute atomic E-state index is 12.2. The smallest absolute Gasteiger partial charge is 0.260 e. The number of nitrogens with zero attached hydrogens (tertiary/aromatic N) is 1. The first-order chi connectivity index (χ1) is 10.1. The summed E-state index contributed by atoms with van der Waals surface area (Å²) in [5.74, 6) is 0.446. The Bertz CT molecular complexity index is 599. The second kappa shape index (κ2) is 6.79. The van der Waals surface area contributed by atoms with E-state index in [0.29, 0.717) is 11.4 Å². The van der Waals surface area contributed by atoms with Gasteiger partial charge in [0.05, 0.1) is 11.7 Å². The molecule has 0 spiro atoms. The number of anilines is 1. The minimum absolute atomic E-state index is 0.00424. The maximum Gasteiger partial charge on any atom is 0.260 e. The summed E-state index contributed by atoms with van der Waals surface area (Å²) in [6, 6.07) is 17.0. The van der Waals surface area contributed by atoms with Gasteiger partial charge < -0.3 is 15.4 Å². The molecule has 1 amide bonds. The van der Waals surface area contributed by atoms with E-state index in [-0.39, 0.29) is 18.6 Å². The highest BCUT2D eigenvalue weighted by molar-refractivity contribution is 5.78. The van der Waals surface area contributed by atoms with E-state index in [1.54, 1.807) is 24.1 Å². The van der Waals surface area contributed by atoms with Crippen LogP contribution in [0.3, 0.4) is 0 Å². The fourth-order valence-electron chi connectivity index (χ4n) is 2.02. The molecule has 0 bridgehead atoms. The lowest BCUT2D eigenvalue weighted by Gasteiger charge is -2.25. The number of para-hydroxylation sites is 2. The molecule has 0 fully saturated rings. The van der Waals surface area contributed by atoms with Crippen LogP contribution in [0.5, 0.6) is 5.75 Å². The zero-order chi connectivity index (χ0) is 15.2. The number of carbonyl (C=O) groups is 1. The highest BCUT2D eigenvalue weighted by atomic mass is 16.5. The molecule has 2 N–H and O–H groups in total. The summed E-state index contributed by atoms with van der Waals surface area (Å²) in [4.78, 5) is 13.9. The van der Waals surface area contributed by atoms with Gasteiger partial charge in [-0.05, 0) is 24.6 Å². The van der Waals surface area contributed by atoms with Gasteiger partial charge in [-0.15, -0.1) is 0 Å². The largest absolute Gasteiger partial charge is 0.482 e. The highest BCUT2D eigenvalue weighted by Crippen LogP contribution is 2.21. The average molecular weight is 284 g/mol. The summed E-state index contributed by atoms with van der Waals surface area (Å²) in [7, 11) is 1.78. The van der Waals surface area contributed by atoms with E-state index in [2.05, 4.69) is 0 Å². The Hall–Kier alpha value is -2.49. The quantitative estimate of drug-likeness (QED) is 0.859. The summed E-state index contributed by atoms with van der Waals surface area (Å²) in [6.45, 7) is 1.96. The van der Waals surface area contributed by atoms with Gasteiger partial charge in [0.1, 0.15) is 5.75 Å². The number of hydrogen-bond acceptors (Lipinski definition) is 3. The van der Waals surface area contributed by atoms with Crippen LogP contribution < -0.4 is 10.5 Å². The van der Waals surface area contributed by atoms with E-state index >= 15 is 0 Å². The molecular formula is C17H20N2O2. The predicted octanol–water partition coefficient (Wildman–Crippen LogP) is 2.87. The van der Waals surface area contributed by atoms with Crippen LogP contribution >= 0.6 is 0 Å². The van der Waals surface area contributed by atoms with Crippen LogP contribution in [0.4, 0.5) is 5.69 Å². The normalized spacial score (nSPS) is 11.7. The third-order valence-corrected chi connectivity index (χ3v) is 3.53. The molecule has 21 heavy (non-hydrogen) atoms. The van der Waals surface area contributed by atoms with Gasteiger partial charge in [-0.1, -0.05) is 42.5 Å². The van der Waals surface area contributed by atoms with Crippen LogP contribution in [-0.2, 0) is 4.79 Å². The lowest BCUT2D eigenvalue weighted by atomic mass is 10.1. The first-order valence-electron chi connectivity index (χ1n) is 6.87. The number of benzene rings is 2. The minimum Gasteiger partial charge on any atom is -0.482 e. The van der Waals surface area contributed by atoms with Gasteiger partial charge in [-0.3, -0.25) is 4.79 Å². The van der Waals surface area contributed by atoms with Gasteiger partial charge in [-0.25, -0.2) is 0 Å². The van der Waals surface area contributed by atoms with Crippen molar-refractivity contribution >= 4 is 11.6 Å². The van der Waals surface area contributed by atoms with Gasteiger partial charge in [0.25, 0.3) is 5.91 Å². The molecule has 4 nitrogen and oxygen atoms in total. The molecule has 4 heteroatoms. The van der Waals surface area contributed by atoms with Crippen molar-refractivity contribution in [1.82, 2.24) is 4.90 Å². The molecule has 1 unspecified atom stereocenters. The lowest BCUT2D eigenvalue weighted by Crippen LogP contribution is -2.33. The molecule has 0 saturated heterocycles. The highest BCUT2D eigenvalue weighted by Gasteiger charge is 2.17. The molecule has 2 rings (SSSR count). The molecule has 0 radical (unpaired) electrons. The van der Waals surface area contributed by atoms with Crippen molar-refractivity contribution in [3.05, 3.63) is 60.2 Å². The summed E-state index contributed by atoms with van der Waals surface area (Å²) in [5, 5.41) is 0. The number of rotatable bonds is 5. The SMILES string of the molecule is CC(c1ccccc1)N(C)C(=O)COc1ccccc1N. The van der Waals surface area contributed by atoms with Crippen molar-refractivity contribution in [2.24, 2.45) is 0 Å². The number of ether oxygens (including phenoxy) is 1. The van der Waals surface area contributed by atoms with Gasteiger partial charge in [-0.2, -0.15) is 0 Å². The van der Waals surface area contributed by atoms with Gasteiger partial charge >= 0.3 is 0 Å². The molecule has 0 aliphatic heterocycles. The van der Waals surface area contributed by atoms with Crippen molar-refractivity contribution in [2.45, 2.75) is 13.0 Å².